The zero-order chi connectivity index (χ0) is 12.3. The van der Waals surface area contributed by atoms with Crippen LogP contribution < -0.4 is 0 Å². The number of thiazole rings is 1. The van der Waals surface area contributed by atoms with E-state index < -0.39 is 0 Å². The van der Waals surface area contributed by atoms with E-state index in [0.29, 0.717) is 10.9 Å². The van der Waals surface area contributed by atoms with Gasteiger partial charge in [-0.15, -0.1) is 23.1 Å². The normalized spacial score (nSPS) is 10.8. The van der Waals surface area contributed by atoms with Crippen molar-refractivity contribution in [2.45, 2.75) is 24.0 Å². The van der Waals surface area contributed by atoms with Gasteiger partial charge in [0.15, 0.2) is 6.29 Å². The summed E-state index contributed by atoms with van der Waals surface area (Å²) in [6.45, 7) is 4.35. The van der Waals surface area contributed by atoms with Crippen molar-refractivity contribution < 1.29 is 4.79 Å². The molecular formula is C13H13NOS2. The molecule has 1 heterocycles. The van der Waals surface area contributed by atoms with Crippen LogP contribution in [0.25, 0.3) is 10.6 Å². The quantitative estimate of drug-likeness (QED) is 0.614. The largest absolute Gasteiger partial charge is 0.296 e. The van der Waals surface area contributed by atoms with Crippen LogP contribution in [-0.4, -0.2) is 16.5 Å². The van der Waals surface area contributed by atoms with Gasteiger partial charge >= 0.3 is 0 Å². The summed E-state index contributed by atoms with van der Waals surface area (Å²) < 4.78 is 0. The van der Waals surface area contributed by atoms with Gasteiger partial charge in [0.05, 0.1) is 0 Å². The Morgan fingerprint density at radius 1 is 1.29 bits per heavy atom. The first-order chi connectivity index (χ1) is 8.19. The van der Waals surface area contributed by atoms with E-state index in [1.807, 2.05) is 11.8 Å². The van der Waals surface area contributed by atoms with Crippen molar-refractivity contribution >= 4 is 29.4 Å². The molecule has 4 heteroatoms. The number of thioether (sulfide) groups is 1. The second-order valence-electron chi connectivity index (χ2n) is 3.89. The van der Waals surface area contributed by atoms with Crippen molar-refractivity contribution in [2.24, 2.45) is 0 Å². The summed E-state index contributed by atoms with van der Waals surface area (Å²) in [4.78, 5) is 16.1. The molecule has 0 fully saturated rings. The monoisotopic (exact) mass is 263 g/mol. The van der Waals surface area contributed by atoms with Crippen LogP contribution in [0.2, 0.25) is 0 Å². The van der Waals surface area contributed by atoms with Gasteiger partial charge in [-0.1, -0.05) is 26.0 Å². The molecule has 0 atom stereocenters. The second-order valence-corrected chi connectivity index (χ2v) is 6.39. The van der Waals surface area contributed by atoms with E-state index in [9.17, 15) is 4.79 Å². The summed E-state index contributed by atoms with van der Waals surface area (Å²) >= 11 is 3.34. The van der Waals surface area contributed by atoms with Gasteiger partial charge in [-0.05, 0) is 12.1 Å². The molecule has 0 spiro atoms. The van der Waals surface area contributed by atoms with Gasteiger partial charge in [0, 0.05) is 21.1 Å². The summed E-state index contributed by atoms with van der Waals surface area (Å²) in [5, 5.41) is 3.26. The smallest absolute Gasteiger partial charge is 0.169 e. The average Bonchev–Trinajstić information content (AvgIpc) is 2.78. The topological polar surface area (TPSA) is 30.0 Å². The molecule has 0 aliphatic rings. The fourth-order valence-electron chi connectivity index (χ4n) is 1.42. The standard InChI is InChI=1S/C13H13NOS2/c1-9(2)17-12-5-3-10(4-6-12)13-14-11(7-15)8-16-13/h3-9H,1-2H3. The molecule has 0 unspecified atom stereocenters. The number of carbonyl (C=O) groups excluding carboxylic acids is 1. The van der Waals surface area contributed by atoms with Crippen molar-refractivity contribution in [1.82, 2.24) is 4.98 Å². The Kier molecular flexibility index (Phi) is 3.97. The number of nitrogens with zero attached hydrogens (tertiary/aromatic N) is 1. The van der Waals surface area contributed by atoms with Gasteiger partial charge in [-0.2, -0.15) is 0 Å². The van der Waals surface area contributed by atoms with Crippen molar-refractivity contribution in [2.75, 3.05) is 0 Å². The minimum absolute atomic E-state index is 0.505. The van der Waals surface area contributed by atoms with Crippen LogP contribution in [0.3, 0.4) is 0 Å². The van der Waals surface area contributed by atoms with E-state index in [1.54, 1.807) is 5.38 Å². The molecule has 0 aliphatic heterocycles. The Bertz CT molecular complexity index is 502. The maximum Gasteiger partial charge on any atom is 0.169 e. The highest BCUT2D eigenvalue weighted by Gasteiger charge is 2.04. The van der Waals surface area contributed by atoms with Crippen LogP contribution >= 0.6 is 23.1 Å². The van der Waals surface area contributed by atoms with Gasteiger partial charge in [0.25, 0.3) is 0 Å². The van der Waals surface area contributed by atoms with Crippen LogP contribution in [-0.2, 0) is 0 Å². The van der Waals surface area contributed by atoms with Gasteiger partial charge in [0.2, 0.25) is 0 Å². The predicted octanol–water partition coefficient (Wildman–Crippen LogP) is 4.12. The first-order valence-electron chi connectivity index (χ1n) is 5.37. The van der Waals surface area contributed by atoms with E-state index in [0.717, 1.165) is 16.9 Å². The number of hydrogen-bond acceptors (Lipinski definition) is 4. The molecule has 17 heavy (non-hydrogen) atoms. The summed E-state index contributed by atoms with van der Waals surface area (Å²) in [6, 6.07) is 8.31. The number of aromatic nitrogens is 1. The lowest BCUT2D eigenvalue weighted by Gasteiger charge is -2.04. The van der Waals surface area contributed by atoms with E-state index >= 15 is 0 Å². The lowest BCUT2D eigenvalue weighted by atomic mass is 10.2. The van der Waals surface area contributed by atoms with Crippen LogP contribution in [0.5, 0.6) is 0 Å². The molecule has 88 valence electrons. The first-order valence-corrected chi connectivity index (χ1v) is 7.13. The van der Waals surface area contributed by atoms with Gasteiger partial charge in [0.1, 0.15) is 10.7 Å². The highest BCUT2D eigenvalue weighted by molar-refractivity contribution is 7.99. The molecule has 0 saturated carbocycles. The van der Waals surface area contributed by atoms with Gasteiger partial charge in [-0.25, -0.2) is 4.98 Å². The fraction of sp³-hybridized carbons (Fsp3) is 0.231. The van der Waals surface area contributed by atoms with E-state index in [2.05, 4.69) is 43.1 Å². The molecule has 1 aromatic carbocycles. The van der Waals surface area contributed by atoms with Crippen molar-refractivity contribution in [1.29, 1.82) is 0 Å². The summed E-state index contributed by atoms with van der Waals surface area (Å²) in [7, 11) is 0. The maximum absolute atomic E-state index is 10.6. The Morgan fingerprint density at radius 2 is 2.00 bits per heavy atom. The third-order valence-corrected chi connectivity index (χ3v) is 4.04. The van der Waals surface area contributed by atoms with Crippen molar-refractivity contribution in [3.05, 3.63) is 35.3 Å². The highest BCUT2D eigenvalue weighted by Crippen LogP contribution is 2.28. The average molecular weight is 263 g/mol. The third kappa shape index (κ3) is 3.17. The Hall–Kier alpha value is -1.13. The molecule has 0 aliphatic carbocycles. The fourth-order valence-corrected chi connectivity index (χ4v) is 3.03. The highest BCUT2D eigenvalue weighted by atomic mass is 32.2. The zero-order valence-electron chi connectivity index (χ0n) is 9.71. The van der Waals surface area contributed by atoms with Gasteiger partial charge in [-0.3, -0.25) is 4.79 Å². The third-order valence-electron chi connectivity index (χ3n) is 2.12. The SMILES string of the molecule is CC(C)Sc1ccc(-c2nc(C=O)cs2)cc1. The summed E-state index contributed by atoms with van der Waals surface area (Å²) in [5.41, 5.74) is 1.57. The number of rotatable bonds is 4. The predicted molar refractivity (Wildman–Crippen MR) is 73.9 cm³/mol. The Morgan fingerprint density at radius 3 is 2.53 bits per heavy atom. The van der Waals surface area contributed by atoms with Gasteiger partial charge < -0.3 is 0 Å². The summed E-state index contributed by atoms with van der Waals surface area (Å²) in [6.07, 6.45) is 0.781. The Balaban J connectivity index is 2.19. The second kappa shape index (κ2) is 5.47. The van der Waals surface area contributed by atoms with E-state index in [1.165, 1.54) is 16.2 Å². The lowest BCUT2D eigenvalue weighted by molar-refractivity contribution is 0.111. The van der Waals surface area contributed by atoms with E-state index in [-0.39, 0.29) is 0 Å². The minimum Gasteiger partial charge on any atom is -0.296 e. The maximum atomic E-state index is 10.6. The molecule has 2 aromatic rings. The Labute approximate surface area is 109 Å². The molecule has 0 radical (unpaired) electrons. The van der Waals surface area contributed by atoms with Crippen molar-refractivity contribution in [3.8, 4) is 10.6 Å². The van der Waals surface area contributed by atoms with Crippen molar-refractivity contribution in [3.63, 3.8) is 0 Å². The molecule has 2 nitrogen and oxygen atoms in total. The minimum atomic E-state index is 0.505. The van der Waals surface area contributed by atoms with Crippen LogP contribution in [0, 0.1) is 0 Å². The summed E-state index contributed by atoms with van der Waals surface area (Å²) in [5.74, 6) is 0. The molecule has 0 saturated heterocycles. The molecule has 0 amide bonds. The zero-order valence-corrected chi connectivity index (χ0v) is 11.3. The number of benzene rings is 1. The van der Waals surface area contributed by atoms with Crippen LogP contribution in [0.1, 0.15) is 24.3 Å². The lowest BCUT2D eigenvalue weighted by Crippen LogP contribution is -1.85. The van der Waals surface area contributed by atoms with Crippen LogP contribution in [0.15, 0.2) is 34.5 Å². The molecule has 0 N–H and O–H groups in total. The first kappa shape index (κ1) is 12.3. The molecule has 1 aromatic heterocycles. The molecule has 2 rings (SSSR count). The van der Waals surface area contributed by atoms with Crippen LogP contribution in [0.4, 0.5) is 0 Å². The molecule has 0 bridgehead atoms. The molecular weight excluding hydrogens is 250 g/mol. The van der Waals surface area contributed by atoms with E-state index in [4.69, 9.17) is 0 Å². The number of carbonyl (C=O) groups is 1. The number of hydrogen-bond donors (Lipinski definition) is 0. The number of aldehydes is 1.